The van der Waals surface area contributed by atoms with Crippen LogP contribution in [0.25, 0.3) is 0 Å². The first-order chi connectivity index (χ1) is 4.52. The number of Topliss-reactive ketones (excluding diaryl/α,β-unsaturated/α-hetero) is 1. The van der Waals surface area contributed by atoms with E-state index in [1.807, 2.05) is 0 Å². The maximum atomic E-state index is 10.4. The van der Waals surface area contributed by atoms with Crippen LogP contribution in [0.15, 0.2) is 0 Å². The van der Waals surface area contributed by atoms with Crippen LogP contribution in [0.3, 0.4) is 0 Å². The summed E-state index contributed by atoms with van der Waals surface area (Å²) in [6.45, 7) is 3.01. The molecule has 0 spiro atoms. The smallest absolute Gasteiger partial charge is 0.187 e. The van der Waals surface area contributed by atoms with Gasteiger partial charge >= 0.3 is 0 Å². The number of hydrogen-bond acceptors (Lipinski definition) is 3. The van der Waals surface area contributed by atoms with Crippen LogP contribution in [0.1, 0.15) is 26.7 Å². The van der Waals surface area contributed by atoms with E-state index >= 15 is 0 Å². The fourth-order valence-corrected chi connectivity index (χ4v) is 0.809. The van der Waals surface area contributed by atoms with Crippen molar-refractivity contribution >= 4 is 23.1 Å². The van der Waals surface area contributed by atoms with Gasteiger partial charge in [-0.3, -0.25) is 4.79 Å². The molecule has 0 radical (unpaired) electrons. The van der Waals surface area contributed by atoms with Crippen LogP contribution < -0.4 is 0 Å². The van der Waals surface area contributed by atoms with E-state index < -0.39 is 12.2 Å². The minimum atomic E-state index is -0.683. The van der Waals surface area contributed by atoms with Crippen molar-refractivity contribution in [3.8, 4) is 0 Å². The van der Waals surface area contributed by atoms with Crippen molar-refractivity contribution in [2.24, 2.45) is 0 Å². The number of aliphatic hydroxyl groups excluding tert-OH is 2. The molecule has 0 heterocycles. The Morgan fingerprint density at radius 2 is 1.91 bits per heavy atom. The van der Waals surface area contributed by atoms with Crippen molar-refractivity contribution in [3.05, 3.63) is 0 Å². The Balaban J connectivity index is 0. The average Bonchev–Trinajstić information content (AvgIpc) is 1.58. The van der Waals surface area contributed by atoms with Crippen molar-refractivity contribution in [1.82, 2.24) is 0 Å². The van der Waals surface area contributed by atoms with Crippen LogP contribution in [-0.2, 0) is 4.79 Å². The predicted molar refractivity (Wildman–Crippen MR) is 47.5 cm³/mol. The van der Waals surface area contributed by atoms with Crippen LogP contribution in [0.4, 0.5) is 0 Å². The minimum Gasteiger partial charge on any atom is -0.393 e. The van der Waals surface area contributed by atoms with E-state index in [0.29, 0.717) is 0 Å². The number of aliphatic hydroxyl groups is 2. The predicted octanol–water partition coefficient (Wildman–Crippen LogP) is -1.09. The molecule has 66 valence electrons. The van der Waals surface area contributed by atoms with Gasteiger partial charge in [0.15, 0.2) is 17.4 Å². The van der Waals surface area contributed by atoms with Crippen LogP contribution in [0.2, 0.25) is 0 Å². The SMILES string of the molecule is CC(=O)CC(O)CC(C)O.[AlH3]. The van der Waals surface area contributed by atoms with E-state index in [1.165, 1.54) is 6.92 Å². The maximum absolute atomic E-state index is 10.4. The molecule has 0 fully saturated rings. The molecule has 0 bridgehead atoms. The molecule has 0 aliphatic heterocycles. The van der Waals surface area contributed by atoms with Crippen molar-refractivity contribution in [1.29, 1.82) is 0 Å². The lowest BCUT2D eigenvalue weighted by Crippen LogP contribution is -2.17. The van der Waals surface area contributed by atoms with Crippen molar-refractivity contribution in [3.63, 3.8) is 0 Å². The van der Waals surface area contributed by atoms with E-state index in [2.05, 4.69) is 0 Å². The van der Waals surface area contributed by atoms with Crippen LogP contribution in [-0.4, -0.2) is 45.6 Å². The van der Waals surface area contributed by atoms with Gasteiger partial charge in [-0.05, 0) is 20.3 Å². The number of rotatable bonds is 4. The Bertz CT molecular complexity index is 114. The Kier molecular flexibility index (Phi) is 8.48. The van der Waals surface area contributed by atoms with Gasteiger partial charge in [-0.25, -0.2) is 0 Å². The van der Waals surface area contributed by atoms with E-state index in [4.69, 9.17) is 10.2 Å². The van der Waals surface area contributed by atoms with Crippen LogP contribution in [0.5, 0.6) is 0 Å². The molecule has 0 aromatic heterocycles. The molecule has 2 atom stereocenters. The maximum Gasteiger partial charge on any atom is 0.187 e. The molecule has 2 N–H and O–H groups in total. The summed E-state index contributed by atoms with van der Waals surface area (Å²) in [4.78, 5) is 10.4. The Labute approximate surface area is 77.6 Å². The second-order valence-electron chi connectivity index (χ2n) is 2.64. The summed E-state index contributed by atoms with van der Waals surface area (Å²) >= 11 is 0. The fourth-order valence-electron chi connectivity index (χ4n) is 0.809. The van der Waals surface area contributed by atoms with Gasteiger partial charge in [-0.1, -0.05) is 0 Å². The van der Waals surface area contributed by atoms with Gasteiger partial charge in [0.25, 0.3) is 0 Å². The first-order valence-corrected chi connectivity index (χ1v) is 3.38. The minimum absolute atomic E-state index is 0. The third-order valence-corrected chi connectivity index (χ3v) is 1.14. The summed E-state index contributed by atoms with van der Waals surface area (Å²) in [6, 6.07) is 0. The Morgan fingerprint density at radius 1 is 1.45 bits per heavy atom. The van der Waals surface area contributed by atoms with Crippen molar-refractivity contribution in [2.75, 3.05) is 0 Å². The van der Waals surface area contributed by atoms with Crippen LogP contribution in [0, 0.1) is 0 Å². The van der Waals surface area contributed by atoms with E-state index in [1.54, 1.807) is 6.92 Å². The molecule has 11 heavy (non-hydrogen) atoms. The number of carbonyl (C=O) groups is 1. The molecule has 2 unspecified atom stereocenters. The highest BCUT2D eigenvalue weighted by Gasteiger charge is 2.09. The highest BCUT2D eigenvalue weighted by atomic mass is 27.0. The van der Waals surface area contributed by atoms with E-state index in [-0.39, 0.29) is 36.0 Å². The summed E-state index contributed by atoms with van der Waals surface area (Å²) in [7, 11) is 0. The standard InChI is InChI=1S/C7H14O3.Al.3H/c1-5(8)3-7(10)4-6(2)9;;;;/h5,7-8,10H,3-4H2,1-2H3;;;;. The molecular weight excluding hydrogens is 159 g/mol. The van der Waals surface area contributed by atoms with Gasteiger partial charge in [0.2, 0.25) is 0 Å². The third-order valence-electron chi connectivity index (χ3n) is 1.14. The Morgan fingerprint density at radius 3 is 2.18 bits per heavy atom. The van der Waals surface area contributed by atoms with Gasteiger partial charge in [0.05, 0.1) is 12.2 Å². The van der Waals surface area contributed by atoms with Gasteiger partial charge < -0.3 is 10.2 Å². The lowest BCUT2D eigenvalue weighted by Gasteiger charge is -2.09. The number of carbonyl (C=O) groups excluding carboxylic acids is 1. The molecule has 0 amide bonds. The van der Waals surface area contributed by atoms with Gasteiger partial charge in [0, 0.05) is 6.42 Å². The normalized spacial score (nSPS) is 14.9. The summed E-state index contributed by atoms with van der Waals surface area (Å²) in [5, 5.41) is 17.8. The van der Waals surface area contributed by atoms with Crippen LogP contribution >= 0.6 is 0 Å². The monoisotopic (exact) mass is 176 g/mol. The molecule has 0 saturated carbocycles. The van der Waals surface area contributed by atoms with Gasteiger partial charge in [0.1, 0.15) is 5.78 Å². The number of hydrogen-bond donors (Lipinski definition) is 2. The zero-order chi connectivity index (χ0) is 8.15. The first-order valence-electron chi connectivity index (χ1n) is 3.38. The summed E-state index contributed by atoms with van der Waals surface area (Å²) in [5.41, 5.74) is 0. The number of ketones is 1. The molecule has 4 heteroatoms. The topological polar surface area (TPSA) is 57.5 Å². The zero-order valence-corrected chi connectivity index (χ0v) is 6.37. The summed E-state index contributed by atoms with van der Waals surface area (Å²) in [5.74, 6) is -0.0480. The lowest BCUT2D eigenvalue weighted by molar-refractivity contribution is -0.119. The van der Waals surface area contributed by atoms with Crippen molar-refractivity contribution < 1.29 is 15.0 Å². The first kappa shape index (κ1) is 13.7. The molecule has 0 aromatic rings. The van der Waals surface area contributed by atoms with E-state index in [0.717, 1.165) is 0 Å². The van der Waals surface area contributed by atoms with Gasteiger partial charge in [-0.15, -0.1) is 0 Å². The third kappa shape index (κ3) is 10.1. The average molecular weight is 176 g/mol. The molecule has 0 aliphatic carbocycles. The summed E-state index contributed by atoms with van der Waals surface area (Å²) < 4.78 is 0. The molecule has 0 rings (SSSR count). The molecule has 0 aromatic carbocycles. The molecule has 3 nitrogen and oxygen atoms in total. The quantitative estimate of drug-likeness (QED) is 0.535. The molecule has 0 saturated heterocycles. The summed E-state index contributed by atoms with van der Waals surface area (Å²) in [6.07, 6.45) is -0.795. The molecular formula is C7H17AlO3. The van der Waals surface area contributed by atoms with Gasteiger partial charge in [-0.2, -0.15) is 0 Å². The zero-order valence-electron chi connectivity index (χ0n) is 6.37. The van der Waals surface area contributed by atoms with Crippen molar-refractivity contribution in [2.45, 2.75) is 38.9 Å². The highest BCUT2D eigenvalue weighted by molar-refractivity contribution is 5.76. The highest BCUT2D eigenvalue weighted by Crippen LogP contribution is 2.01. The van der Waals surface area contributed by atoms with E-state index in [9.17, 15) is 4.79 Å². The largest absolute Gasteiger partial charge is 0.393 e. The lowest BCUT2D eigenvalue weighted by atomic mass is 10.1. The second kappa shape index (κ2) is 6.81. The Hall–Kier alpha value is 0.122. The second-order valence-corrected chi connectivity index (χ2v) is 2.64. The fraction of sp³-hybridized carbons (Fsp3) is 0.857. The molecule has 0 aliphatic rings.